The van der Waals surface area contributed by atoms with Gasteiger partial charge in [0, 0.05) is 0 Å². The Morgan fingerprint density at radius 1 is 1.32 bits per heavy atom. The lowest BCUT2D eigenvalue weighted by molar-refractivity contribution is -0.170. The normalized spacial score (nSPS) is 14.6. The Bertz CT molecular complexity index is 541. The highest BCUT2D eigenvalue weighted by atomic mass is 19.4. The molecule has 0 bridgehead atoms. The number of rotatable bonds is 1. The highest BCUT2D eigenvalue weighted by Gasteiger charge is 2.44. The van der Waals surface area contributed by atoms with Crippen LogP contribution in [0.4, 0.5) is 18.9 Å². The predicted molar refractivity (Wildman–Crippen MR) is 57.3 cm³/mol. The van der Waals surface area contributed by atoms with Crippen LogP contribution in [0.3, 0.4) is 0 Å². The number of amides is 1. The number of aromatic carboxylic acids is 1. The molecule has 0 aromatic heterocycles. The average Bonchev–Trinajstić information content (AvgIpc) is 2.35. The van der Waals surface area contributed by atoms with Crippen LogP contribution in [-0.4, -0.2) is 36.3 Å². The maximum Gasteiger partial charge on any atom is 0.471 e. The van der Waals surface area contributed by atoms with Crippen LogP contribution in [0.5, 0.6) is 5.75 Å². The molecule has 0 fully saturated rings. The number of anilines is 1. The molecule has 0 unspecified atom stereocenters. The fraction of sp³-hybridized carbons (Fsp3) is 0.273. The predicted octanol–water partition coefficient (Wildman–Crippen LogP) is 1.67. The summed E-state index contributed by atoms with van der Waals surface area (Å²) in [5.74, 6) is -3.60. The minimum atomic E-state index is -5.02. The van der Waals surface area contributed by atoms with Gasteiger partial charge in [0.25, 0.3) is 0 Å². The Kier molecular flexibility index (Phi) is 3.09. The third kappa shape index (κ3) is 2.33. The molecule has 1 heterocycles. The van der Waals surface area contributed by atoms with Gasteiger partial charge in [-0.25, -0.2) is 4.79 Å². The number of nitrogens with zero attached hydrogens (tertiary/aromatic N) is 1. The third-order valence-electron chi connectivity index (χ3n) is 2.56. The van der Waals surface area contributed by atoms with Gasteiger partial charge in [-0.2, -0.15) is 13.2 Å². The first kappa shape index (κ1) is 13.2. The van der Waals surface area contributed by atoms with Gasteiger partial charge in [0.2, 0.25) is 0 Å². The SMILES string of the molecule is O=C(O)c1cccc2c1OCCN2C(=O)C(F)(F)F. The Labute approximate surface area is 105 Å². The third-order valence-corrected chi connectivity index (χ3v) is 2.56. The second kappa shape index (κ2) is 4.45. The number of carboxylic acid groups (broad SMARTS) is 1. The second-order valence-electron chi connectivity index (χ2n) is 3.76. The summed E-state index contributed by atoms with van der Waals surface area (Å²) in [6.45, 7) is -0.479. The molecular weight excluding hydrogens is 267 g/mol. The van der Waals surface area contributed by atoms with Crippen LogP contribution >= 0.6 is 0 Å². The lowest BCUT2D eigenvalue weighted by Gasteiger charge is -2.30. The summed E-state index contributed by atoms with van der Waals surface area (Å²) in [7, 11) is 0. The van der Waals surface area contributed by atoms with Crippen LogP contribution in [0.1, 0.15) is 10.4 Å². The molecule has 1 aromatic rings. The molecule has 1 aliphatic rings. The number of para-hydroxylation sites is 1. The Hall–Kier alpha value is -2.25. The molecule has 102 valence electrons. The highest BCUT2D eigenvalue weighted by molar-refractivity contribution is 6.02. The van der Waals surface area contributed by atoms with Gasteiger partial charge in [-0.05, 0) is 12.1 Å². The van der Waals surface area contributed by atoms with Crippen LogP contribution < -0.4 is 9.64 Å². The fourth-order valence-electron chi connectivity index (χ4n) is 1.78. The summed E-state index contributed by atoms with van der Waals surface area (Å²) in [5, 5.41) is 8.92. The van der Waals surface area contributed by atoms with E-state index in [4.69, 9.17) is 9.84 Å². The molecule has 0 saturated carbocycles. The quantitative estimate of drug-likeness (QED) is 0.846. The topological polar surface area (TPSA) is 66.8 Å². The molecule has 8 heteroatoms. The van der Waals surface area contributed by atoms with Crippen molar-refractivity contribution in [2.45, 2.75) is 6.18 Å². The van der Waals surface area contributed by atoms with Crippen molar-refractivity contribution in [2.75, 3.05) is 18.1 Å². The van der Waals surface area contributed by atoms with Gasteiger partial charge in [0.05, 0.1) is 12.2 Å². The van der Waals surface area contributed by atoms with E-state index < -0.39 is 18.1 Å². The molecule has 1 N–H and O–H groups in total. The fourth-order valence-corrected chi connectivity index (χ4v) is 1.78. The Morgan fingerprint density at radius 3 is 2.58 bits per heavy atom. The van der Waals surface area contributed by atoms with Crippen LogP contribution in [-0.2, 0) is 4.79 Å². The molecule has 0 atom stereocenters. The number of hydrogen-bond acceptors (Lipinski definition) is 3. The van der Waals surface area contributed by atoms with E-state index in [1.54, 1.807) is 0 Å². The van der Waals surface area contributed by atoms with Gasteiger partial charge in [-0.15, -0.1) is 0 Å². The number of benzene rings is 1. The largest absolute Gasteiger partial charge is 0.489 e. The lowest BCUT2D eigenvalue weighted by Crippen LogP contribution is -2.45. The number of alkyl halides is 3. The molecule has 0 radical (unpaired) electrons. The molecule has 0 spiro atoms. The number of ether oxygens (including phenoxy) is 1. The van der Waals surface area contributed by atoms with Gasteiger partial charge in [0.1, 0.15) is 12.2 Å². The molecule has 0 aliphatic carbocycles. The number of fused-ring (bicyclic) bond motifs is 1. The molecule has 1 aliphatic heterocycles. The number of carbonyl (C=O) groups is 2. The smallest absolute Gasteiger partial charge is 0.471 e. The standard InChI is InChI=1S/C11H8F3NO4/c12-11(13,14)10(18)15-4-5-19-8-6(9(16)17)2-1-3-7(8)15/h1-3H,4-5H2,(H,16,17). The van der Waals surface area contributed by atoms with Gasteiger partial charge in [-0.1, -0.05) is 6.07 Å². The first-order valence-corrected chi connectivity index (χ1v) is 5.20. The maximum absolute atomic E-state index is 12.4. The summed E-state index contributed by atoms with van der Waals surface area (Å²) in [5.41, 5.74) is -0.467. The maximum atomic E-state index is 12.4. The highest BCUT2D eigenvalue weighted by Crippen LogP contribution is 2.36. The second-order valence-corrected chi connectivity index (χ2v) is 3.76. The first-order valence-electron chi connectivity index (χ1n) is 5.20. The van der Waals surface area contributed by atoms with E-state index in [1.807, 2.05) is 0 Å². The number of hydrogen-bond donors (Lipinski definition) is 1. The summed E-state index contributed by atoms with van der Waals surface area (Å²) >= 11 is 0. The van der Waals surface area contributed by atoms with Crippen molar-refractivity contribution < 1.29 is 32.6 Å². The number of carbonyl (C=O) groups excluding carboxylic acids is 1. The zero-order chi connectivity index (χ0) is 14.2. The molecule has 5 nitrogen and oxygen atoms in total. The summed E-state index contributed by atoms with van der Waals surface area (Å²) in [4.78, 5) is 22.7. The van der Waals surface area contributed by atoms with E-state index in [1.165, 1.54) is 18.2 Å². The Balaban J connectivity index is 2.49. The van der Waals surface area contributed by atoms with Gasteiger partial charge >= 0.3 is 18.1 Å². The van der Waals surface area contributed by atoms with Crippen LogP contribution in [0.15, 0.2) is 18.2 Å². The van der Waals surface area contributed by atoms with Crippen molar-refractivity contribution in [1.29, 1.82) is 0 Å². The zero-order valence-corrected chi connectivity index (χ0v) is 9.40. The van der Waals surface area contributed by atoms with Crippen molar-refractivity contribution in [3.63, 3.8) is 0 Å². The van der Waals surface area contributed by atoms with Gasteiger partial charge in [-0.3, -0.25) is 9.69 Å². The summed E-state index contributed by atoms with van der Waals surface area (Å²) in [6, 6.07) is 3.67. The molecule has 1 aromatic carbocycles. The van der Waals surface area contributed by atoms with Gasteiger partial charge in [0.15, 0.2) is 5.75 Å². The van der Waals surface area contributed by atoms with E-state index in [-0.39, 0.29) is 30.2 Å². The van der Waals surface area contributed by atoms with Crippen LogP contribution in [0.25, 0.3) is 0 Å². The minimum Gasteiger partial charge on any atom is -0.489 e. The van der Waals surface area contributed by atoms with Crippen molar-refractivity contribution in [3.05, 3.63) is 23.8 Å². The summed E-state index contributed by atoms with van der Waals surface area (Å²) < 4.78 is 42.4. The van der Waals surface area contributed by atoms with Crippen molar-refractivity contribution >= 4 is 17.6 Å². The summed E-state index contributed by atoms with van der Waals surface area (Å²) in [6.07, 6.45) is -5.02. The molecule has 19 heavy (non-hydrogen) atoms. The molecule has 2 rings (SSSR count). The van der Waals surface area contributed by atoms with E-state index >= 15 is 0 Å². The van der Waals surface area contributed by atoms with E-state index in [0.717, 1.165) is 0 Å². The lowest BCUT2D eigenvalue weighted by atomic mass is 10.1. The van der Waals surface area contributed by atoms with E-state index in [2.05, 4.69) is 0 Å². The van der Waals surface area contributed by atoms with E-state index in [0.29, 0.717) is 4.90 Å². The Morgan fingerprint density at radius 2 is 2.00 bits per heavy atom. The minimum absolute atomic E-state index is 0.187. The monoisotopic (exact) mass is 275 g/mol. The van der Waals surface area contributed by atoms with Crippen LogP contribution in [0, 0.1) is 0 Å². The molecule has 1 amide bonds. The number of halogens is 3. The molecular formula is C11H8F3NO4. The van der Waals surface area contributed by atoms with Crippen LogP contribution in [0.2, 0.25) is 0 Å². The van der Waals surface area contributed by atoms with Crippen molar-refractivity contribution in [2.24, 2.45) is 0 Å². The zero-order valence-electron chi connectivity index (χ0n) is 9.40. The first-order chi connectivity index (χ1) is 8.82. The average molecular weight is 275 g/mol. The van der Waals surface area contributed by atoms with Crippen molar-refractivity contribution in [3.8, 4) is 5.75 Å². The number of carboxylic acids is 1. The van der Waals surface area contributed by atoms with Crippen molar-refractivity contribution in [1.82, 2.24) is 0 Å². The van der Waals surface area contributed by atoms with Gasteiger partial charge < -0.3 is 9.84 Å². The van der Waals surface area contributed by atoms with E-state index in [9.17, 15) is 22.8 Å². The molecule has 0 saturated heterocycles.